The molecule has 0 aromatic rings. The summed E-state index contributed by atoms with van der Waals surface area (Å²) in [4.78, 5) is 0. The number of hydrogen-bond acceptors (Lipinski definition) is 1. The lowest BCUT2D eigenvalue weighted by molar-refractivity contribution is 0.611. The van der Waals surface area contributed by atoms with Gasteiger partial charge in [0.25, 0.3) is 0 Å². The van der Waals surface area contributed by atoms with E-state index in [1.54, 1.807) is 0 Å². The Balaban J connectivity index is 2.96. The monoisotopic (exact) mass is 179 g/mol. The van der Waals surface area contributed by atoms with E-state index in [1.807, 2.05) is 6.08 Å². The normalized spacial score (nSPS) is 10.5. The standard InChI is InChI=1S/C12H21N/c1-2-3-4-5-6-7-8-9-10-11-12-13/h9-10H,2-8,11H2,1H3/b10-9+. The Morgan fingerprint density at radius 3 is 2.38 bits per heavy atom. The molecule has 0 aliphatic carbocycles. The summed E-state index contributed by atoms with van der Waals surface area (Å²) >= 11 is 0. The third kappa shape index (κ3) is 11.2. The highest BCUT2D eigenvalue weighted by Gasteiger charge is 1.87. The van der Waals surface area contributed by atoms with Crippen molar-refractivity contribution in [2.75, 3.05) is 0 Å². The second-order valence-corrected chi connectivity index (χ2v) is 3.39. The van der Waals surface area contributed by atoms with Crippen molar-refractivity contribution in [3.05, 3.63) is 12.2 Å². The van der Waals surface area contributed by atoms with E-state index in [9.17, 15) is 0 Å². The Bertz CT molecular complexity index is 153. The van der Waals surface area contributed by atoms with Gasteiger partial charge in [0.05, 0.1) is 12.5 Å². The Kier molecular flexibility index (Phi) is 10.6. The van der Waals surface area contributed by atoms with E-state index in [0.29, 0.717) is 6.42 Å². The van der Waals surface area contributed by atoms with Crippen LogP contribution < -0.4 is 0 Å². The summed E-state index contributed by atoms with van der Waals surface area (Å²) in [5.41, 5.74) is 0. The van der Waals surface area contributed by atoms with E-state index < -0.39 is 0 Å². The van der Waals surface area contributed by atoms with Crippen molar-refractivity contribution in [2.24, 2.45) is 0 Å². The van der Waals surface area contributed by atoms with Gasteiger partial charge in [-0.05, 0) is 12.8 Å². The van der Waals surface area contributed by atoms with Gasteiger partial charge >= 0.3 is 0 Å². The molecule has 0 rings (SSSR count). The van der Waals surface area contributed by atoms with Crippen LogP contribution in [0.1, 0.15) is 58.3 Å². The average molecular weight is 179 g/mol. The summed E-state index contributed by atoms with van der Waals surface area (Å²) in [6.45, 7) is 2.24. The zero-order valence-corrected chi connectivity index (χ0v) is 8.76. The summed E-state index contributed by atoms with van der Waals surface area (Å²) in [6.07, 6.45) is 13.9. The molecule has 0 aliphatic rings. The average Bonchev–Trinajstić information content (AvgIpc) is 2.16. The molecule has 1 heteroatoms. The van der Waals surface area contributed by atoms with E-state index in [1.165, 1.54) is 38.5 Å². The number of nitriles is 1. The SMILES string of the molecule is CCCCCCCC/C=C/CC#N. The molecule has 0 saturated heterocycles. The van der Waals surface area contributed by atoms with Crippen molar-refractivity contribution >= 4 is 0 Å². The van der Waals surface area contributed by atoms with Crippen molar-refractivity contribution in [1.29, 1.82) is 5.26 Å². The zero-order valence-electron chi connectivity index (χ0n) is 8.76. The second kappa shape index (κ2) is 11.2. The van der Waals surface area contributed by atoms with Crippen LogP contribution in [-0.4, -0.2) is 0 Å². The fraction of sp³-hybridized carbons (Fsp3) is 0.750. The van der Waals surface area contributed by atoms with Crippen LogP contribution in [0, 0.1) is 11.3 Å². The van der Waals surface area contributed by atoms with Crippen molar-refractivity contribution in [2.45, 2.75) is 58.3 Å². The highest BCUT2D eigenvalue weighted by Crippen LogP contribution is 2.07. The van der Waals surface area contributed by atoms with Crippen LogP contribution in [0.15, 0.2) is 12.2 Å². The van der Waals surface area contributed by atoms with E-state index in [4.69, 9.17) is 5.26 Å². The van der Waals surface area contributed by atoms with Gasteiger partial charge < -0.3 is 0 Å². The Labute approximate surface area is 82.5 Å². The molecule has 0 radical (unpaired) electrons. The molecular formula is C12H21N. The summed E-state index contributed by atoms with van der Waals surface area (Å²) in [5, 5.41) is 8.26. The Morgan fingerprint density at radius 1 is 1.00 bits per heavy atom. The van der Waals surface area contributed by atoms with E-state index in [-0.39, 0.29) is 0 Å². The Hall–Kier alpha value is -0.770. The highest BCUT2D eigenvalue weighted by atomic mass is 14.2. The number of rotatable bonds is 8. The van der Waals surface area contributed by atoms with Crippen LogP contribution in [0.2, 0.25) is 0 Å². The molecule has 0 saturated carbocycles. The molecule has 0 heterocycles. The summed E-state index contributed by atoms with van der Waals surface area (Å²) < 4.78 is 0. The lowest BCUT2D eigenvalue weighted by Gasteiger charge is -1.97. The van der Waals surface area contributed by atoms with Crippen LogP contribution in [0.4, 0.5) is 0 Å². The molecule has 0 fully saturated rings. The van der Waals surface area contributed by atoms with Gasteiger partial charge in [-0.15, -0.1) is 0 Å². The maximum atomic E-state index is 8.26. The minimum atomic E-state index is 0.565. The van der Waals surface area contributed by atoms with Gasteiger partial charge in [0, 0.05) is 0 Å². The molecule has 13 heavy (non-hydrogen) atoms. The van der Waals surface area contributed by atoms with E-state index in [0.717, 1.165) is 6.42 Å². The molecular weight excluding hydrogens is 158 g/mol. The first kappa shape index (κ1) is 12.2. The third-order valence-electron chi connectivity index (χ3n) is 2.10. The quantitative estimate of drug-likeness (QED) is 0.404. The number of nitrogens with zero attached hydrogens (tertiary/aromatic N) is 1. The van der Waals surface area contributed by atoms with Gasteiger partial charge in [0.2, 0.25) is 0 Å². The zero-order chi connectivity index (χ0) is 9.78. The fourth-order valence-corrected chi connectivity index (χ4v) is 1.30. The fourth-order valence-electron chi connectivity index (χ4n) is 1.30. The number of allylic oxidation sites excluding steroid dienone is 2. The van der Waals surface area contributed by atoms with Crippen molar-refractivity contribution in [1.82, 2.24) is 0 Å². The van der Waals surface area contributed by atoms with E-state index >= 15 is 0 Å². The minimum absolute atomic E-state index is 0.565. The lowest BCUT2D eigenvalue weighted by Crippen LogP contribution is -1.77. The maximum absolute atomic E-state index is 8.26. The predicted octanol–water partition coefficient (Wildman–Crippen LogP) is 4.21. The molecule has 0 atom stereocenters. The molecule has 74 valence electrons. The maximum Gasteiger partial charge on any atom is 0.0663 e. The molecule has 0 spiro atoms. The molecule has 0 aromatic carbocycles. The van der Waals surface area contributed by atoms with Crippen molar-refractivity contribution in [3.63, 3.8) is 0 Å². The van der Waals surface area contributed by atoms with Crippen LogP contribution in [0.5, 0.6) is 0 Å². The van der Waals surface area contributed by atoms with Crippen molar-refractivity contribution in [3.8, 4) is 6.07 Å². The Morgan fingerprint density at radius 2 is 1.69 bits per heavy atom. The molecule has 0 aromatic heterocycles. The number of unbranched alkanes of at least 4 members (excludes halogenated alkanes) is 6. The van der Waals surface area contributed by atoms with Crippen LogP contribution in [0.3, 0.4) is 0 Å². The first-order valence-electron chi connectivity index (χ1n) is 5.43. The second-order valence-electron chi connectivity index (χ2n) is 3.39. The van der Waals surface area contributed by atoms with Crippen LogP contribution in [-0.2, 0) is 0 Å². The molecule has 0 N–H and O–H groups in total. The summed E-state index contributed by atoms with van der Waals surface area (Å²) in [6, 6.07) is 2.10. The molecule has 0 aliphatic heterocycles. The van der Waals surface area contributed by atoms with Crippen molar-refractivity contribution < 1.29 is 0 Å². The first-order chi connectivity index (χ1) is 6.41. The van der Waals surface area contributed by atoms with Gasteiger partial charge in [0.1, 0.15) is 0 Å². The largest absolute Gasteiger partial charge is 0.198 e. The molecule has 0 unspecified atom stereocenters. The predicted molar refractivity (Wildman–Crippen MR) is 57.4 cm³/mol. The van der Waals surface area contributed by atoms with Gasteiger partial charge in [0.15, 0.2) is 0 Å². The highest BCUT2D eigenvalue weighted by molar-refractivity contribution is 4.90. The lowest BCUT2D eigenvalue weighted by atomic mass is 10.1. The summed E-state index contributed by atoms with van der Waals surface area (Å²) in [5.74, 6) is 0. The minimum Gasteiger partial charge on any atom is -0.198 e. The summed E-state index contributed by atoms with van der Waals surface area (Å²) in [7, 11) is 0. The molecule has 0 amide bonds. The van der Waals surface area contributed by atoms with Gasteiger partial charge in [-0.3, -0.25) is 0 Å². The topological polar surface area (TPSA) is 23.8 Å². The van der Waals surface area contributed by atoms with Gasteiger partial charge in [-0.2, -0.15) is 5.26 Å². The van der Waals surface area contributed by atoms with Gasteiger partial charge in [-0.1, -0.05) is 51.2 Å². The van der Waals surface area contributed by atoms with E-state index in [2.05, 4.69) is 19.1 Å². The first-order valence-corrected chi connectivity index (χ1v) is 5.43. The number of hydrogen-bond donors (Lipinski definition) is 0. The molecule has 0 bridgehead atoms. The molecule has 1 nitrogen and oxygen atoms in total. The van der Waals surface area contributed by atoms with Crippen LogP contribution in [0.25, 0.3) is 0 Å². The van der Waals surface area contributed by atoms with Crippen LogP contribution >= 0.6 is 0 Å². The smallest absolute Gasteiger partial charge is 0.0663 e. The third-order valence-corrected chi connectivity index (χ3v) is 2.10. The van der Waals surface area contributed by atoms with Gasteiger partial charge in [-0.25, -0.2) is 0 Å².